The van der Waals surface area contributed by atoms with Crippen LogP contribution < -0.4 is 0 Å². The molecular weight excluding hydrogens is 236 g/mol. The maximum absolute atomic E-state index is 11.8. The molecule has 0 amide bonds. The van der Waals surface area contributed by atoms with Crippen LogP contribution in [-0.2, 0) is 14.3 Å². The fraction of sp³-hybridized carbons (Fsp3) is 0.154. The van der Waals surface area contributed by atoms with Gasteiger partial charge in [0, 0.05) is 11.1 Å². The van der Waals surface area contributed by atoms with Gasteiger partial charge >= 0.3 is 5.97 Å². The first-order valence-corrected chi connectivity index (χ1v) is 5.23. The van der Waals surface area contributed by atoms with Gasteiger partial charge in [0.15, 0.2) is 0 Å². The Kier molecular flexibility index (Phi) is 2.97. The number of hydrogen-bond donors (Lipinski definition) is 1. The van der Waals surface area contributed by atoms with Crippen molar-refractivity contribution in [1.82, 2.24) is 0 Å². The normalized spacial score (nSPS) is 14.5. The van der Waals surface area contributed by atoms with E-state index in [2.05, 4.69) is 4.74 Å². The smallest absolute Gasteiger partial charge is 0.310 e. The van der Waals surface area contributed by atoms with Gasteiger partial charge in [-0.15, -0.1) is 0 Å². The second-order valence-electron chi connectivity index (χ2n) is 3.78. The van der Waals surface area contributed by atoms with Crippen molar-refractivity contribution < 1.29 is 24.2 Å². The minimum atomic E-state index is -0.864. The highest BCUT2D eigenvalue weighted by molar-refractivity contribution is 6.52. The second-order valence-corrected chi connectivity index (χ2v) is 3.78. The van der Waals surface area contributed by atoms with Gasteiger partial charge in [0.25, 0.3) is 0 Å². The molecule has 0 unspecified atom stereocenters. The highest BCUT2D eigenvalue weighted by Crippen LogP contribution is 2.29. The lowest BCUT2D eigenvalue weighted by Crippen LogP contribution is -2.25. The molecule has 0 saturated heterocycles. The van der Waals surface area contributed by atoms with Crippen LogP contribution in [0, 0.1) is 0 Å². The maximum atomic E-state index is 11.8. The number of carbonyl (C=O) groups excluding carboxylic acids is 3. The molecule has 0 fully saturated rings. The van der Waals surface area contributed by atoms with E-state index in [1.807, 2.05) is 0 Å². The Labute approximate surface area is 103 Å². The zero-order valence-corrected chi connectivity index (χ0v) is 9.60. The van der Waals surface area contributed by atoms with Crippen LogP contribution in [-0.4, -0.2) is 29.8 Å². The number of Topliss-reactive ketones (excluding diaryl/α,β-unsaturated/α-hetero) is 2. The van der Waals surface area contributed by atoms with E-state index in [4.69, 9.17) is 0 Å². The standard InChI is InChI=1S/C13H10O5/c1-18-10(14)6-9-11(15)7-4-2-3-5-8(7)12(16)13(9)17/h2-5,15H,6H2,1H3. The summed E-state index contributed by atoms with van der Waals surface area (Å²) in [5.74, 6) is -2.60. The topological polar surface area (TPSA) is 80.7 Å². The molecule has 5 heteroatoms. The third kappa shape index (κ3) is 1.79. The SMILES string of the molecule is COC(=O)CC1=C(O)c2ccccc2C(=O)C1=O. The summed E-state index contributed by atoms with van der Waals surface area (Å²) in [6, 6.07) is 6.21. The number of ketones is 2. The van der Waals surface area contributed by atoms with Gasteiger partial charge in [-0.1, -0.05) is 24.3 Å². The van der Waals surface area contributed by atoms with Crippen molar-refractivity contribution in [2.24, 2.45) is 0 Å². The van der Waals surface area contributed by atoms with Crippen molar-refractivity contribution in [1.29, 1.82) is 0 Å². The van der Waals surface area contributed by atoms with Gasteiger partial charge in [0.2, 0.25) is 11.6 Å². The molecule has 0 aliphatic heterocycles. The lowest BCUT2D eigenvalue weighted by atomic mass is 9.87. The summed E-state index contributed by atoms with van der Waals surface area (Å²) in [5.41, 5.74) is 0.195. The van der Waals surface area contributed by atoms with Crippen molar-refractivity contribution in [3.8, 4) is 0 Å². The summed E-state index contributed by atoms with van der Waals surface area (Å²) in [5, 5.41) is 9.95. The van der Waals surface area contributed by atoms with Crippen LogP contribution in [0.5, 0.6) is 0 Å². The lowest BCUT2D eigenvalue weighted by molar-refractivity contribution is -0.140. The van der Waals surface area contributed by atoms with Gasteiger partial charge in [0.1, 0.15) is 5.76 Å². The lowest BCUT2D eigenvalue weighted by Gasteiger charge is -2.16. The Hall–Kier alpha value is -2.43. The molecule has 5 nitrogen and oxygen atoms in total. The number of rotatable bonds is 2. The molecule has 0 heterocycles. The number of aliphatic hydroxyl groups excluding tert-OH is 1. The van der Waals surface area contributed by atoms with Gasteiger partial charge in [0.05, 0.1) is 19.1 Å². The van der Waals surface area contributed by atoms with Crippen LogP contribution in [0.15, 0.2) is 29.8 Å². The Morgan fingerprint density at radius 2 is 1.78 bits per heavy atom. The Morgan fingerprint density at radius 1 is 1.17 bits per heavy atom. The van der Waals surface area contributed by atoms with Gasteiger partial charge in [-0.2, -0.15) is 0 Å². The van der Waals surface area contributed by atoms with Crippen LogP contribution in [0.3, 0.4) is 0 Å². The van der Waals surface area contributed by atoms with Crippen LogP contribution in [0.4, 0.5) is 0 Å². The molecule has 0 radical (unpaired) electrons. The molecule has 0 saturated carbocycles. The molecule has 1 N–H and O–H groups in total. The summed E-state index contributed by atoms with van der Waals surface area (Å²) in [4.78, 5) is 34.7. The Bertz CT molecular complexity index is 583. The van der Waals surface area contributed by atoms with Gasteiger partial charge in [-0.05, 0) is 0 Å². The molecule has 0 aromatic heterocycles. The van der Waals surface area contributed by atoms with E-state index in [9.17, 15) is 19.5 Å². The van der Waals surface area contributed by atoms with E-state index in [1.165, 1.54) is 19.2 Å². The number of methoxy groups -OCH3 is 1. The monoisotopic (exact) mass is 246 g/mol. The van der Waals surface area contributed by atoms with E-state index >= 15 is 0 Å². The average Bonchev–Trinajstić information content (AvgIpc) is 2.40. The van der Waals surface area contributed by atoms with Crippen molar-refractivity contribution in [2.45, 2.75) is 6.42 Å². The third-order valence-corrected chi connectivity index (χ3v) is 2.74. The highest BCUT2D eigenvalue weighted by atomic mass is 16.5. The summed E-state index contributed by atoms with van der Waals surface area (Å²) in [6.07, 6.45) is -0.415. The van der Waals surface area contributed by atoms with Crippen LogP contribution in [0.2, 0.25) is 0 Å². The maximum Gasteiger partial charge on any atom is 0.310 e. The van der Waals surface area contributed by atoms with E-state index in [1.54, 1.807) is 12.1 Å². The number of fused-ring (bicyclic) bond motifs is 1. The predicted molar refractivity (Wildman–Crippen MR) is 62.0 cm³/mol. The van der Waals surface area contributed by atoms with Crippen molar-refractivity contribution >= 4 is 23.3 Å². The Morgan fingerprint density at radius 3 is 2.39 bits per heavy atom. The van der Waals surface area contributed by atoms with Crippen molar-refractivity contribution in [3.63, 3.8) is 0 Å². The van der Waals surface area contributed by atoms with E-state index < -0.39 is 24.0 Å². The molecule has 0 atom stereocenters. The minimum absolute atomic E-state index is 0.147. The quantitative estimate of drug-likeness (QED) is 0.628. The molecule has 0 spiro atoms. The van der Waals surface area contributed by atoms with Crippen LogP contribution >= 0.6 is 0 Å². The summed E-state index contributed by atoms with van der Waals surface area (Å²) in [7, 11) is 1.17. The molecule has 1 aliphatic rings. The van der Waals surface area contributed by atoms with Gasteiger partial charge in [-0.3, -0.25) is 14.4 Å². The molecular formula is C13H10O5. The molecule has 0 bridgehead atoms. The van der Waals surface area contributed by atoms with Crippen molar-refractivity contribution in [2.75, 3.05) is 7.11 Å². The molecule has 18 heavy (non-hydrogen) atoms. The Balaban J connectivity index is 2.55. The highest BCUT2D eigenvalue weighted by Gasteiger charge is 2.33. The first-order chi connectivity index (χ1) is 8.56. The molecule has 1 aromatic rings. The predicted octanol–water partition coefficient (Wildman–Crippen LogP) is 1.28. The first kappa shape index (κ1) is 12.0. The number of esters is 1. The zero-order chi connectivity index (χ0) is 13.3. The van der Waals surface area contributed by atoms with Crippen LogP contribution in [0.1, 0.15) is 22.3 Å². The van der Waals surface area contributed by atoms with Gasteiger partial charge < -0.3 is 9.84 Å². The van der Waals surface area contributed by atoms with Gasteiger partial charge in [-0.25, -0.2) is 0 Å². The number of ether oxygens (including phenoxy) is 1. The number of hydrogen-bond acceptors (Lipinski definition) is 5. The molecule has 2 rings (SSSR count). The average molecular weight is 246 g/mol. The molecule has 1 aromatic carbocycles. The second kappa shape index (κ2) is 4.44. The van der Waals surface area contributed by atoms with E-state index in [0.29, 0.717) is 0 Å². The minimum Gasteiger partial charge on any atom is -0.507 e. The van der Waals surface area contributed by atoms with Crippen LogP contribution in [0.25, 0.3) is 5.76 Å². The largest absolute Gasteiger partial charge is 0.507 e. The fourth-order valence-electron chi connectivity index (χ4n) is 1.80. The fourth-order valence-corrected chi connectivity index (χ4v) is 1.80. The third-order valence-electron chi connectivity index (χ3n) is 2.74. The summed E-state index contributed by atoms with van der Waals surface area (Å²) in [6.45, 7) is 0. The zero-order valence-electron chi connectivity index (χ0n) is 9.60. The van der Waals surface area contributed by atoms with Crippen molar-refractivity contribution in [3.05, 3.63) is 41.0 Å². The summed E-state index contributed by atoms with van der Waals surface area (Å²) >= 11 is 0. The number of benzene rings is 1. The summed E-state index contributed by atoms with van der Waals surface area (Å²) < 4.78 is 4.43. The van der Waals surface area contributed by atoms with E-state index in [-0.39, 0.29) is 22.5 Å². The van der Waals surface area contributed by atoms with E-state index in [0.717, 1.165) is 0 Å². The first-order valence-electron chi connectivity index (χ1n) is 5.23. The number of carbonyl (C=O) groups is 3. The molecule has 1 aliphatic carbocycles. The molecule has 92 valence electrons. The number of aliphatic hydroxyl groups is 1.